The quantitative estimate of drug-likeness (QED) is 0.559. The van der Waals surface area contributed by atoms with Gasteiger partial charge in [-0.1, -0.05) is 18.5 Å². The Morgan fingerprint density at radius 2 is 2.38 bits per heavy atom. The number of nitrogens with zero attached hydrogens (tertiary/aromatic N) is 1. The van der Waals surface area contributed by atoms with Gasteiger partial charge in [0, 0.05) is 5.69 Å². The summed E-state index contributed by atoms with van der Waals surface area (Å²) in [4.78, 5) is 15.8. The minimum atomic E-state index is -0.418. The number of fused-ring (bicyclic) bond motifs is 1. The van der Waals surface area contributed by atoms with Crippen LogP contribution in [0.2, 0.25) is 5.15 Å². The Morgan fingerprint density at radius 1 is 1.62 bits per heavy atom. The first-order valence-corrected chi connectivity index (χ1v) is 5.79. The van der Waals surface area contributed by atoms with Crippen molar-refractivity contribution in [2.45, 2.75) is 32.1 Å². The fraction of sp³-hybridized carbons (Fsp3) is 0.500. The summed E-state index contributed by atoms with van der Waals surface area (Å²) >= 11 is 5.97. The van der Waals surface area contributed by atoms with Crippen LogP contribution in [-0.2, 0) is 11.2 Å². The summed E-state index contributed by atoms with van der Waals surface area (Å²) in [5.41, 5.74) is 2.53. The molecule has 16 heavy (non-hydrogen) atoms. The Kier molecular flexibility index (Phi) is 3.15. The molecular weight excluding hydrogens is 226 g/mol. The van der Waals surface area contributed by atoms with Crippen molar-refractivity contribution in [3.63, 3.8) is 0 Å². The largest absolute Gasteiger partial charge is 0.465 e. The highest BCUT2D eigenvalue weighted by Gasteiger charge is 2.22. The first-order chi connectivity index (χ1) is 7.63. The van der Waals surface area contributed by atoms with E-state index in [1.807, 2.05) is 6.07 Å². The maximum atomic E-state index is 11.5. The zero-order valence-corrected chi connectivity index (χ0v) is 10.2. The fourth-order valence-electron chi connectivity index (χ4n) is 2.15. The zero-order valence-electron chi connectivity index (χ0n) is 9.42. The van der Waals surface area contributed by atoms with Gasteiger partial charge < -0.3 is 4.74 Å². The maximum absolute atomic E-state index is 11.5. The minimum absolute atomic E-state index is 0.250. The lowest BCUT2D eigenvalue weighted by atomic mass is 9.86. The Morgan fingerprint density at radius 3 is 3.06 bits per heavy atom. The third kappa shape index (κ3) is 1.92. The summed E-state index contributed by atoms with van der Waals surface area (Å²) in [5, 5.41) is 0.250. The summed E-state index contributed by atoms with van der Waals surface area (Å²) in [6.07, 6.45) is 3.22. The van der Waals surface area contributed by atoms with Crippen LogP contribution >= 0.6 is 11.6 Å². The molecule has 0 fully saturated rings. The monoisotopic (exact) mass is 239 g/mol. The molecule has 3 nitrogen and oxygen atoms in total. The van der Waals surface area contributed by atoms with Crippen molar-refractivity contribution in [3.05, 3.63) is 28.0 Å². The number of methoxy groups -OCH3 is 1. The van der Waals surface area contributed by atoms with Gasteiger partial charge in [-0.2, -0.15) is 0 Å². The van der Waals surface area contributed by atoms with Gasteiger partial charge in [0.2, 0.25) is 0 Å². The summed E-state index contributed by atoms with van der Waals surface area (Å²) in [6, 6.07) is 1.83. The first-order valence-electron chi connectivity index (χ1n) is 5.41. The average Bonchev–Trinajstić information content (AvgIpc) is 2.28. The van der Waals surface area contributed by atoms with Crippen LogP contribution in [0.25, 0.3) is 0 Å². The lowest BCUT2D eigenvalue weighted by Crippen LogP contribution is -2.13. The van der Waals surface area contributed by atoms with Crippen molar-refractivity contribution in [1.29, 1.82) is 0 Å². The zero-order chi connectivity index (χ0) is 11.7. The molecule has 0 aliphatic heterocycles. The van der Waals surface area contributed by atoms with E-state index in [-0.39, 0.29) is 5.15 Å². The lowest BCUT2D eigenvalue weighted by Gasteiger charge is -2.22. The van der Waals surface area contributed by atoms with Crippen LogP contribution in [-0.4, -0.2) is 18.1 Å². The molecule has 0 amide bonds. The summed E-state index contributed by atoms with van der Waals surface area (Å²) < 4.78 is 4.68. The number of carbonyl (C=O) groups excluding carboxylic acids is 1. The van der Waals surface area contributed by atoms with Crippen molar-refractivity contribution in [2.24, 2.45) is 0 Å². The molecule has 86 valence electrons. The van der Waals surface area contributed by atoms with Crippen LogP contribution in [0.15, 0.2) is 6.07 Å². The van der Waals surface area contributed by atoms with E-state index in [9.17, 15) is 4.79 Å². The van der Waals surface area contributed by atoms with Gasteiger partial charge in [-0.05, 0) is 36.8 Å². The molecule has 1 atom stereocenters. The Hall–Kier alpha value is -1.09. The minimum Gasteiger partial charge on any atom is -0.465 e. The van der Waals surface area contributed by atoms with Crippen molar-refractivity contribution in [3.8, 4) is 0 Å². The highest BCUT2D eigenvalue weighted by atomic mass is 35.5. The third-order valence-electron chi connectivity index (χ3n) is 3.08. The number of rotatable bonds is 1. The van der Waals surface area contributed by atoms with Crippen LogP contribution in [0.3, 0.4) is 0 Å². The van der Waals surface area contributed by atoms with E-state index in [4.69, 9.17) is 11.6 Å². The number of hydrogen-bond donors (Lipinski definition) is 0. The van der Waals surface area contributed by atoms with Gasteiger partial charge in [-0.3, -0.25) is 0 Å². The van der Waals surface area contributed by atoms with Crippen molar-refractivity contribution in [1.82, 2.24) is 4.98 Å². The molecule has 0 bridgehead atoms. The van der Waals surface area contributed by atoms with Crippen LogP contribution in [0.5, 0.6) is 0 Å². The van der Waals surface area contributed by atoms with Crippen molar-refractivity contribution >= 4 is 17.6 Å². The van der Waals surface area contributed by atoms with Gasteiger partial charge in [0.05, 0.1) is 12.7 Å². The number of hydrogen-bond acceptors (Lipinski definition) is 3. The number of ether oxygens (including phenoxy) is 1. The van der Waals surface area contributed by atoms with E-state index in [0.29, 0.717) is 11.5 Å². The molecule has 1 aromatic rings. The molecule has 1 aliphatic rings. The topological polar surface area (TPSA) is 39.2 Å². The summed E-state index contributed by atoms with van der Waals surface area (Å²) in [6.45, 7) is 2.15. The Bertz CT molecular complexity index is 431. The fourth-order valence-corrected chi connectivity index (χ4v) is 2.39. The molecule has 0 spiro atoms. The highest BCUT2D eigenvalue weighted by Crippen LogP contribution is 2.32. The lowest BCUT2D eigenvalue weighted by molar-refractivity contribution is 0.0600. The van der Waals surface area contributed by atoms with Gasteiger partial charge in [-0.15, -0.1) is 0 Å². The summed E-state index contributed by atoms with van der Waals surface area (Å²) in [5.74, 6) is 0.0231. The summed E-state index contributed by atoms with van der Waals surface area (Å²) in [7, 11) is 1.35. The Balaban J connectivity index is 2.50. The standard InChI is InChI=1S/C12H14ClNO2/c1-7-4-3-5-10-8(7)6-9(11(13)14-10)12(15)16-2/h6-7H,3-5H2,1-2H3. The van der Waals surface area contributed by atoms with E-state index in [2.05, 4.69) is 16.6 Å². The van der Waals surface area contributed by atoms with Gasteiger partial charge in [0.15, 0.2) is 0 Å². The van der Waals surface area contributed by atoms with Crippen molar-refractivity contribution < 1.29 is 9.53 Å². The second-order valence-electron chi connectivity index (χ2n) is 4.15. The maximum Gasteiger partial charge on any atom is 0.341 e. The predicted molar refractivity (Wildman–Crippen MR) is 61.9 cm³/mol. The van der Waals surface area contributed by atoms with Crippen LogP contribution < -0.4 is 0 Å². The van der Waals surface area contributed by atoms with Gasteiger partial charge >= 0.3 is 5.97 Å². The van der Waals surface area contributed by atoms with Crippen LogP contribution in [0.4, 0.5) is 0 Å². The number of halogens is 1. The number of esters is 1. The van der Waals surface area contributed by atoms with E-state index >= 15 is 0 Å². The molecule has 0 radical (unpaired) electrons. The highest BCUT2D eigenvalue weighted by molar-refractivity contribution is 6.32. The second-order valence-corrected chi connectivity index (χ2v) is 4.51. The van der Waals surface area contributed by atoms with E-state index in [1.54, 1.807) is 0 Å². The molecule has 0 N–H and O–H groups in total. The molecule has 0 aromatic carbocycles. The number of aryl methyl sites for hydroxylation is 1. The average molecular weight is 240 g/mol. The molecule has 1 aliphatic carbocycles. The molecule has 4 heteroatoms. The van der Waals surface area contributed by atoms with Crippen LogP contribution in [0.1, 0.15) is 47.3 Å². The van der Waals surface area contributed by atoms with Gasteiger partial charge in [0.1, 0.15) is 5.15 Å². The molecule has 1 unspecified atom stereocenters. The Labute approximate surface area is 99.8 Å². The van der Waals surface area contributed by atoms with Gasteiger partial charge in [-0.25, -0.2) is 9.78 Å². The number of carbonyl (C=O) groups is 1. The van der Waals surface area contributed by atoms with Crippen LogP contribution in [0, 0.1) is 0 Å². The molecule has 2 rings (SSSR count). The predicted octanol–water partition coefficient (Wildman–Crippen LogP) is 2.96. The molecular formula is C12H14ClNO2. The van der Waals surface area contributed by atoms with Gasteiger partial charge in [0.25, 0.3) is 0 Å². The molecule has 0 saturated heterocycles. The first kappa shape index (κ1) is 11.4. The van der Waals surface area contributed by atoms with E-state index < -0.39 is 5.97 Å². The number of aromatic nitrogens is 1. The SMILES string of the molecule is COC(=O)c1cc2c(nc1Cl)CCCC2C. The third-order valence-corrected chi connectivity index (χ3v) is 3.36. The van der Waals surface area contributed by atoms with Crippen molar-refractivity contribution in [2.75, 3.05) is 7.11 Å². The second kappa shape index (κ2) is 4.42. The number of pyridine rings is 1. The van der Waals surface area contributed by atoms with E-state index in [1.165, 1.54) is 7.11 Å². The smallest absolute Gasteiger partial charge is 0.341 e. The molecule has 0 saturated carbocycles. The normalized spacial score (nSPS) is 19.1. The molecule has 1 aromatic heterocycles. The molecule has 1 heterocycles. The van der Waals surface area contributed by atoms with E-state index in [0.717, 1.165) is 30.5 Å².